The summed E-state index contributed by atoms with van der Waals surface area (Å²) in [5.74, 6) is -2.00. The van der Waals surface area contributed by atoms with E-state index < -0.39 is 17.8 Å². The van der Waals surface area contributed by atoms with E-state index in [1.54, 1.807) is 43.3 Å². The molecule has 0 aliphatic carbocycles. The number of ether oxygens (including phenoxy) is 3. The topological polar surface area (TPSA) is 91.8 Å². The summed E-state index contributed by atoms with van der Waals surface area (Å²) in [6.07, 6.45) is 1.45. The lowest BCUT2D eigenvalue weighted by Gasteiger charge is -2.24. The molecule has 1 aromatic heterocycles. The molecule has 0 saturated heterocycles. The first kappa shape index (κ1) is 19.5. The highest BCUT2D eigenvalue weighted by Crippen LogP contribution is 2.38. The van der Waals surface area contributed by atoms with Crippen molar-refractivity contribution in [2.24, 2.45) is 5.92 Å². The van der Waals surface area contributed by atoms with Crippen LogP contribution in [0.4, 0.5) is 0 Å². The molecule has 146 valence electrons. The maximum atomic E-state index is 12.8. The summed E-state index contributed by atoms with van der Waals surface area (Å²) in [5.41, 5.74) is 0.904. The molecule has 0 radical (unpaired) electrons. The summed E-state index contributed by atoms with van der Waals surface area (Å²) < 4.78 is 15.8. The molecule has 1 aliphatic heterocycles. The second-order valence-corrected chi connectivity index (χ2v) is 6.40. The van der Waals surface area contributed by atoms with Gasteiger partial charge in [0.05, 0.1) is 6.61 Å². The van der Waals surface area contributed by atoms with E-state index in [9.17, 15) is 14.4 Å². The zero-order valence-electron chi connectivity index (χ0n) is 15.7. The number of carbonyl (C=O) groups is 3. The second kappa shape index (κ2) is 8.65. The highest BCUT2D eigenvalue weighted by atomic mass is 16.7. The van der Waals surface area contributed by atoms with Crippen LogP contribution in [0, 0.1) is 5.92 Å². The number of Topliss-reactive ketones (excluding diaryl/α,β-unsaturated/α-hetero) is 2. The minimum atomic E-state index is -1.10. The van der Waals surface area contributed by atoms with Gasteiger partial charge in [-0.2, -0.15) is 0 Å². The van der Waals surface area contributed by atoms with Crippen molar-refractivity contribution < 1.29 is 28.6 Å². The zero-order chi connectivity index (χ0) is 20.1. The number of esters is 1. The molecule has 0 bridgehead atoms. The molecule has 1 aliphatic rings. The fourth-order valence-electron chi connectivity index (χ4n) is 3.25. The van der Waals surface area contributed by atoms with Crippen LogP contribution in [0.5, 0.6) is 11.5 Å². The quantitative estimate of drug-likeness (QED) is 0.393. The van der Waals surface area contributed by atoms with E-state index in [2.05, 4.69) is 4.98 Å². The molecular formula is C21H21NO6. The number of carbonyl (C=O) groups excluding carboxylic acids is 3. The van der Waals surface area contributed by atoms with Gasteiger partial charge in [-0.25, -0.2) is 0 Å². The predicted molar refractivity (Wildman–Crippen MR) is 99.3 cm³/mol. The second-order valence-electron chi connectivity index (χ2n) is 6.40. The number of fused-ring (bicyclic) bond motifs is 1. The van der Waals surface area contributed by atoms with Gasteiger partial charge in [-0.1, -0.05) is 12.1 Å². The van der Waals surface area contributed by atoms with E-state index in [1.165, 1.54) is 13.1 Å². The average molecular weight is 383 g/mol. The maximum Gasteiger partial charge on any atom is 0.317 e. The van der Waals surface area contributed by atoms with Gasteiger partial charge in [-0.05, 0) is 43.7 Å². The zero-order valence-corrected chi connectivity index (χ0v) is 15.7. The van der Waals surface area contributed by atoms with E-state index in [4.69, 9.17) is 14.2 Å². The van der Waals surface area contributed by atoms with Crippen molar-refractivity contribution in [1.82, 2.24) is 4.98 Å². The minimum absolute atomic E-state index is 0.0697. The summed E-state index contributed by atoms with van der Waals surface area (Å²) in [4.78, 5) is 41.7. The van der Waals surface area contributed by atoms with E-state index in [0.717, 1.165) is 0 Å². The lowest BCUT2D eigenvalue weighted by Crippen LogP contribution is -2.32. The van der Waals surface area contributed by atoms with E-state index in [0.29, 0.717) is 17.1 Å². The van der Waals surface area contributed by atoms with Crippen molar-refractivity contribution in [1.29, 1.82) is 0 Å². The van der Waals surface area contributed by atoms with Crippen LogP contribution in [0.3, 0.4) is 0 Å². The minimum Gasteiger partial charge on any atom is -0.465 e. The summed E-state index contributed by atoms with van der Waals surface area (Å²) in [7, 11) is 0. The number of hydrogen-bond acceptors (Lipinski definition) is 7. The number of pyridine rings is 1. The smallest absolute Gasteiger partial charge is 0.317 e. The van der Waals surface area contributed by atoms with Crippen LogP contribution in [0.2, 0.25) is 0 Å². The van der Waals surface area contributed by atoms with Crippen molar-refractivity contribution >= 4 is 17.5 Å². The lowest BCUT2D eigenvalue weighted by molar-refractivity contribution is -0.152. The molecular weight excluding hydrogens is 362 g/mol. The lowest BCUT2D eigenvalue weighted by atomic mass is 9.79. The first-order chi connectivity index (χ1) is 13.5. The van der Waals surface area contributed by atoms with Gasteiger partial charge >= 0.3 is 5.97 Å². The van der Waals surface area contributed by atoms with Crippen LogP contribution >= 0.6 is 0 Å². The van der Waals surface area contributed by atoms with Crippen molar-refractivity contribution in [2.45, 2.75) is 26.2 Å². The number of rotatable bonds is 8. The van der Waals surface area contributed by atoms with Gasteiger partial charge in [-0.15, -0.1) is 0 Å². The molecule has 0 N–H and O–H groups in total. The van der Waals surface area contributed by atoms with Crippen molar-refractivity contribution in [3.8, 4) is 11.5 Å². The van der Waals surface area contributed by atoms with Crippen molar-refractivity contribution in [3.05, 3.63) is 53.9 Å². The molecule has 28 heavy (non-hydrogen) atoms. The molecule has 0 amide bonds. The van der Waals surface area contributed by atoms with Gasteiger partial charge in [-0.3, -0.25) is 19.4 Å². The Morgan fingerprint density at radius 2 is 1.93 bits per heavy atom. The Bertz CT molecular complexity index is 880. The van der Waals surface area contributed by atoms with Crippen molar-refractivity contribution in [2.75, 3.05) is 13.4 Å². The molecule has 2 aromatic rings. The third-order valence-electron chi connectivity index (χ3n) is 4.56. The maximum absolute atomic E-state index is 12.8. The van der Waals surface area contributed by atoms with Gasteiger partial charge in [0.25, 0.3) is 0 Å². The van der Waals surface area contributed by atoms with Crippen LogP contribution < -0.4 is 9.47 Å². The standard InChI is InChI=1S/C21H21NO6/c1-3-26-21(25)20(13(2)23)15(11-17(24)16-6-4-5-9-22-16)14-7-8-18-19(10-14)28-12-27-18/h4-10,15,20H,3,11-12H2,1-2H3/t15-,20+/m1/s1. The Labute approximate surface area is 162 Å². The third-order valence-corrected chi connectivity index (χ3v) is 4.56. The number of benzene rings is 1. The number of aromatic nitrogens is 1. The molecule has 0 unspecified atom stereocenters. The first-order valence-corrected chi connectivity index (χ1v) is 9.02. The summed E-state index contributed by atoms with van der Waals surface area (Å²) in [6, 6.07) is 10.2. The Hall–Kier alpha value is -3.22. The summed E-state index contributed by atoms with van der Waals surface area (Å²) in [5, 5.41) is 0. The summed E-state index contributed by atoms with van der Waals surface area (Å²) >= 11 is 0. The Balaban J connectivity index is 1.98. The van der Waals surface area contributed by atoms with Crippen LogP contribution in [0.1, 0.15) is 42.2 Å². The van der Waals surface area contributed by atoms with Gasteiger partial charge in [0.2, 0.25) is 6.79 Å². The first-order valence-electron chi connectivity index (χ1n) is 9.02. The fourth-order valence-corrected chi connectivity index (χ4v) is 3.25. The average Bonchev–Trinajstić information content (AvgIpc) is 3.15. The molecule has 3 rings (SSSR count). The molecule has 0 spiro atoms. The third kappa shape index (κ3) is 4.19. The van der Waals surface area contributed by atoms with Gasteiger partial charge in [0, 0.05) is 18.5 Å². The fraction of sp³-hybridized carbons (Fsp3) is 0.333. The SMILES string of the molecule is CCOC(=O)[C@@H](C(C)=O)[C@H](CC(=O)c1ccccn1)c1ccc2c(c1)OCO2. The molecule has 0 saturated carbocycles. The molecule has 2 atom stereocenters. The van der Waals surface area contributed by atoms with Gasteiger partial charge < -0.3 is 14.2 Å². The van der Waals surface area contributed by atoms with Crippen LogP contribution in [-0.4, -0.2) is 35.9 Å². The monoisotopic (exact) mass is 383 g/mol. The Morgan fingerprint density at radius 3 is 2.61 bits per heavy atom. The van der Waals surface area contributed by atoms with Crippen LogP contribution in [-0.2, 0) is 14.3 Å². The Kier molecular flexibility index (Phi) is 6.03. The van der Waals surface area contributed by atoms with E-state index in [1.807, 2.05) is 0 Å². The molecule has 0 fully saturated rings. The van der Waals surface area contributed by atoms with Crippen molar-refractivity contribution in [3.63, 3.8) is 0 Å². The Morgan fingerprint density at radius 1 is 1.14 bits per heavy atom. The number of ketones is 2. The van der Waals surface area contributed by atoms with Gasteiger partial charge in [0.1, 0.15) is 17.4 Å². The summed E-state index contributed by atoms with van der Waals surface area (Å²) in [6.45, 7) is 3.24. The molecule has 2 heterocycles. The van der Waals surface area contributed by atoms with E-state index >= 15 is 0 Å². The molecule has 7 nitrogen and oxygen atoms in total. The molecule has 7 heteroatoms. The number of nitrogens with zero attached hydrogens (tertiary/aromatic N) is 1. The number of hydrogen-bond donors (Lipinski definition) is 0. The van der Waals surface area contributed by atoms with Crippen LogP contribution in [0.25, 0.3) is 0 Å². The van der Waals surface area contributed by atoms with Gasteiger partial charge in [0.15, 0.2) is 17.3 Å². The van der Waals surface area contributed by atoms with Crippen LogP contribution in [0.15, 0.2) is 42.6 Å². The highest BCUT2D eigenvalue weighted by molar-refractivity contribution is 6.01. The highest BCUT2D eigenvalue weighted by Gasteiger charge is 2.37. The van der Waals surface area contributed by atoms with E-state index in [-0.39, 0.29) is 37.1 Å². The normalized spacial score (nSPS) is 14.2. The predicted octanol–water partition coefficient (Wildman–Crippen LogP) is 2.94. The molecule has 1 aromatic carbocycles. The largest absolute Gasteiger partial charge is 0.465 e.